The molecule has 0 saturated carbocycles. The molecule has 0 spiro atoms. The summed E-state index contributed by atoms with van der Waals surface area (Å²) in [6.45, 7) is 4.25. The van der Waals surface area contributed by atoms with E-state index in [1.54, 1.807) is 28.8 Å². The van der Waals surface area contributed by atoms with Gasteiger partial charge in [-0.05, 0) is 42.2 Å². The van der Waals surface area contributed by atoms with Crippen molar-refractivity contribution in [2.75, 3.05) is 5.75 Å². The van der Waals surface area contributed by atoms with Gasteiger partial charge in [-0.2, -0.15) is 0 Å². The fourth-order valence-corrected chi connectivity index (χ4v) is 4.93. The highest BCUT2D eigenvalue weighted by Gasteiger charge is 2.31. The summed E-state index contributed by atoms with van der Waals surface area (Å²) >= 11 is 13.9. The lowest BCUT2D eigenvalue weighted by molar-refractivity contribution is -0.139. The van der Waals surface area contributed by atoms with Crippen LogP contribution < -0.4 is 5.32 Å². The van der Waals surface area contributed by atoms with E-state index >= 15 is 0 Å². The minimum Gasteiger partial charge on any atom is -0.352 e. The molecule has 0 aliphatic heterocycles. The third-order valence-electron chi connectivity index (χ3n) is 5.95. The normalized spacial score (nSPS) is 12.6. The van der Waals surface area contributed by atoms with Crippen LogP contribution in [-0.2, 0) is 28.3 Å². The Labute approximate surface area is 228 Å². The molecule has 2 atom stereocenters. The number of rotatable bonds is 12. The summed E-state index contributed by atoms with van der Waals surface area (Å²) in [5.41, 5.74) is 2.97. The van der Waals surface area contributed by atoms with Gasteiger partial charge >= 0.3 is 0 Å². The van der Waals surface area contributed by atoms with Crippen LogP contribution in [0.1, 0.15) is 37.0 Å². The van der Waals surface area contributed by atoms with E-state index < -0.39 is 6.04 Å². The monoisotopic (exact) mass is 542 g/mol. The Kier molecular flexibility index (Phi) is 11.2. The van der Waals surface area contributed by atoms with Crippen molar-refractivity contribution in [1.29, 1.82) is 0 Å². The smallest absolute Gasteiger partial charge is 0.243 e. The number of amides is 2. The number of halogens is 2. The molecule has 0 saturated heterocycles. The Hall–Kier alpha value is -2.47. The van der Waals surface area contributed by atoms with Crippen molar-refractivity contribution < 1.29 is 9.59 Å². The molecule has 190 valence electrons. The molecule has 0 unspecified atom stereocenters. The fourth-order valence-electron chi connectivity index (χ4n) is 3.74. The van der Waals surface area contributed by atoms with E-state index in [1.807, 2.05) is 80.6 Å². The molecule has 3 aromatic carbocycles. The van der Waals surface area contributed by atoms with Crippen molar-refractivity contribution in [2.24, 2.45) is 0 Å². The van der Waals surface area contributed by atoms with Crippen molar-refractivity contribution in [3.63, 3.8) is 0 Å². The van der Waals surface area contributed by atoms with Crippen LogP contribution in [0.5, 0.6) is 0 Å². The molecule has 0 fully saturated rings. The van der Waals surface area contributed by atoms with Crippen molar-refractivity contribution in [3.05, 3.63) is 106 Å². The van der Waals surface area contributed by atoms with Gasteiger partial charge in [0.2, 0.25) is 11.8 Å². The van der Waals surface area contributed by atoms with Gasteiger partial charge in [0.1, 0.15) is 6.04 Å². The minimum atomic E-state index is -0.666. The summed E-state index contributed by atoms with van der Waals surface area (Å²) in [6.07, 6.45) is 1.22. The van der Waals surface area contributed by atoms with E-state index in [-0.39, 0.29) is 30.2 Å². The molecule has 7 heteroatoms. The Morgan fingerprint density at radius 1 is 0.889 bits per heavy atom. The van der Waals surface area contributed by atoms with Gasteiger partial charge in [-0.1, -0.05) is 96.9 Å². The second-order valence-electron chi connectivity index (χ2n) is 8.77. The number of carbonyl (C=O) groups is 2. The Morgan fingerprint density at radius 2 is 1.53 bits per heavy atom. The minimum absolute atomic E-state index is 0.00478. The van der Waals surface area contributed by atoms with E-state index in [4.69, 9.17) is 23.2 Å². The van der Waals surface area contributed by atoms with E-state index in [9.17, 15) is 9.59 Å². The van der Waals surface area contributed by atoms with E-state index in [1.165, 1.54) is 0 Å². The molecule has 3 rings (SSSR count). The van der Waals surface area contributed by atoms with Crippen molar-refractivity contribution >= 4 is 46.8 Å². The highest BCUT2D eigenvalue weighted by Crippen LogP contribution is 2.25. The molecule has 2 amide bonds. The Bertz CT molecular complexity index is 1130. The van der Waals surface area contributed by atoms with Gasteiger partial charge in [-0.3, -0.25) is 9.59 Å². The predicted molar refractivity (Wildman–Crippen MR) is 151 cm³/mol. The van der Waals surface area contributed by atoms with Gasteiger partial charge in [0.15, 0.2) is 0 Å². The van der Waals surface area contributed by atoms with Crippen molar-refractivity contribution in [3.8, 4) is 0 Å². The number of benzene rings is 3. The summed E-state index contributed by atoms with van der Waals surface area (Å²) in [5, 5.41) is 3.96. The maximum Gasteiger partial charge on any atom is 0.243 e. The average molecular weight is 544 g/mol. The number of nitrogens with zero attached hydrogens (tertiary/aromatic N) is 1. The van der Waals surface area contributed by atoms with Crippen LogP contribution in [0.15, 0.2) is 78.9 Å². The first-order chi connectivity index (χ1) is 17.4. The maximum atomic E-state index is 13.6. The zero-order chi connectivity index (χ0) is 25.9. The molecule has 3 aromatic rings. The van der Waals surface area contributed by atoms with Crippen LogP contribution in [0.2, 0.25) is 10.0 Å². The van der Waals surface area contributed by atoms with Gasteiger partial charge in [0.25, 0.3) is 0 Å². The zero-order valence-electron chi connectivity index (χ0n) is 20.6. The van der Waals surface area contributed by atoms with E-state index in [0.717, 1.165) is 28.9 Å². The second-order valence-corrected chi connectivity index (χ2v) is 10.6. The maximum absolute atomic E-state index is 13.6. The SMILES string of the molecule is CC[C@H](C)NC(=O)[C@H](Cc1ccccc1)N(Cc1ccc(Cl)c(Cl)c1)C(=O)CSCc1ccccc1. The van der Waals surface area contributed by atoms with Gasteiger partial charge in [0.05, 0.1) is 15.8 Å². The molecule has 0 aromatic heterocycles. The van der Waals surface area contributed by atoms with Crippen LogP contribution in [0.4, 0.5) is 0 Å². The van der Waals surface area contributed by atoms with Crippen molar-refractivity contribution in [1.82, 2.24) is 10.2 Å². The van der Waals surface area contributed by atoms with Gasteiger partial charge < -0.3 is 10.2 Å². The first-order valence-corrected chi connectivity index (χ1v) is 14.0. The second kappa shape index (κ2) is 14.3. The largest absolute Gasteiger partial charge is 0.352 e. The van der Waals surface area contributed by atoms with Gasteiger partial charge in [-0.25, -0.2) is 0 Å². The lowest BCUT2D eigenvalue weighted by Crippen LogP contribution is -2.52. The number of carbonyl (C=O) groups excluding carboxylic acids is 2. The highest BCUT2D eigenvalue weighted by molar-refractivity contribution is 7.99. The molecule has 4 nitrogen and oxygen atoms in total. The summed E-state index contributed by atoms with van der Waals surface area (Å²) in [5.74, 6) is 0.727. The van der Waals surface area contributed by atoms with E-state index in [0.29, 0.717) is 16.5 Å². The molecule has 36 heavy (non-hydrogen) atoms. The van der Waals surface area contributed by atoms with Crippen LogP contribution in [-0.4, -0.2) is 34.6 Å². The Balaban J connectivity index is 1.88. The molecule has 1 N–H and O–H groups in total. The molecule has 0 aliphatic carbocycles. The highest BCUT2D eigenvalue weighted by atomic mass is 35.5. The number of thioether (sulfide) groups is 1. The quantitative estimate of drug-likeness (QED) is 0.274. The van der Waals surface area contributed by atoms with Crippen LogP contribution in [0.25, 0.3) is 0 Å². The molecule has 0 radical (unpaired) electrons. The lowest BCUT2D eigenvalue weighted by Gasteiger charge is -2.32. The molecular weight excluding hydrogens is 511 g/mol. The average Bonchev–Trinajstić information content (AvgIpc) is 2.89. The fraction of sp³-hybridized carbons (Fsp3) is 0.310. The van der Waals surface area contributed by atoms with Gasteiger partial charge in [0, 0.05) is 24.8 Å². The summed E-state index contributed by atoms with van der Waals surface area (Å²) in [7, 11) is 0. The first kappa shape index (κ1) is 28.1. The number of nitrogens with one attached hydrogen (secondary N) is 1. The summed E-state index contributed by atoms with van der Waals surface area (Å²) in [6, 6.07) is 24.5. The van der Waals surface area contributed by atoms with Crippen LogP contribution >= 0.6 is 35.0 Å². The van der Waals surface area contributed by atoms with Crippen LogP contribution in [0.3, 0.4) is 0 Å². The molecule has 0 heterocycles. The van der Waals surface area contributed by atoms with Gasteiger partial charge in [-0.15, -0.1) is 11.8 Å². The molecule has 0 bridgehead atoms. The number of hydrogen-bond acceptors (Lipinski definition) is 3. The lowest BCUT2D eigenvalue weighted by atomic mass is 10.0. The molecular formula is C29H32Cl2N2O2S. The molecule has 0 aliphatic rings. The topological polar surface area (TPSA) is 49.4 Å². The third kappa shape index (κ3) is 8.58. The van der Waals surface area contributed by atoms with Crippen molar-refractivity contribution in [2.45, 2.75) is 51.1 Å². The van der Waals surface area contributed by atoms with Crippen LogP contribution in [0, 0.1) is 0 Å². The van der Waals surface area contributed by atoms with E-state index in [2.05, 4.69) is 5.32 Å². The summed E-state index contributed by atoms with van der Waals surface area (Å²) < 4.78 is 0. The predicted octanol–water partition coefficient (Wildman–Crippen LogP) is 6.78. The summed E-state index contributed by atoms with van der Waals surface area (Å²) in [4.78, 5) is 28.8. The number of hydrogen-bond donors (Lipinski definition) is 1. The first-order valence-electron chi connectivity index (χ1n) is 12.1. The third-order valence-corrected chi connectivity index (χ3v) is 7.67. The zero-order valence-corrected chi connectivity index (χ0v) is 23.0. The standard InChI is InChI=1S/C29H32Cl2N2O2S/c1-3-21(2)32-29(35)27(17-22-10-6-4-7-11-22)33(18-24-14-15-25(30)26(31)16-24)28(34)20-36-19-23-12-8-5-9-13-23/h4-16,21,27H,3,17-20H2,1-2H3,(H,32,35)/t21-,27-/m0/s1. The Morgan fingerprint density at radius 3 is 2.14 bits per heavy atom.